The Morgan fingerprint density at radius 3 is 1.03 bits per heavy atom. The molecular formula is C60H42O2. The first-order chi connectivity index (χ1) is 30.6. The van der Waals surface area contributed by atoms with Crippen LogP contribution in [0.5, 0.6) is 11.5 Å². The number of benzene rings is 10. The van der Waals surface area contributed by atoms with Crippen LogP contribution in [0, 0.1) is 0 Å². The van der Waals surface area contributed by atoms with E-state index in [2.05, 4.69) is 194 Å². The third-order valence-electron chi connectivity index (χ3n) is 13.3. The molecule has 2 aliphatic rings. The minimum absolute atomic E-state index is 0.813. The molecule has 0 aromatic heterocycles. The van der Waals surface area contributed by atoms with Gasteiger partial charge < -0.3 is 9.47 Å². The van der Waals surface area contributed by atoms with Crippen molar-refractivity contribution in [3.63, 3.8) is 0 Å². The van der Waals surface area contributed by atoms with E-state index < -0.39 is 0 Å². The predicted octanol–water partition coefficient (Wildman–Crippen LogP) is 15.5. The van der Waals surface area contributed by atoms with Crippen LogP contribution in [-0.4, -0.2) is 14.2 Å². The van der Waals surface area contributed by atoms with E-state index in [1.54, 1.807) is 14.2 Å². The zero-order chi connectivity index (χ0) is 41.3. The molecule has 0 unspecified atom stereocenters. The first kappa shape index (κ1) is 36.2. The summed E-state index contributed by atoms with van der Waals surface area (Å²) in [5, 5.41) is 4.52. The van der Waals surface area contributed by atoms with Crippen LogP contribution in [0.25, 0.3) is 99.4 Å². The van der Waals surface area contributed by atoms with Gasteiger partial charge in [-0.1, -0.05) is 170 Å². The molecule has 10 aromatic rings. The monoisotopic (exact) mass is 794 g/mol. The molecule has 2 aliphatic carbocycles. The fraction of sp³-hybridized carbons (Fsp3) is 0.0667. The lowest BCUT2D eigenvalue weighted by atomic mass is 9.89. The zero-order valence-electron chi connectivity index (χ0n) is 34.7. The largest absolute Gasteiger partial charge is 0.496 e. The van der Waals surface area contributed by atoms with E-state index in [9.17, 15) is 0 Å². The molecule has 0 radical (unpaired) electrons. The van der Waals surface area contributed by atoms with Crippen LogP contribution in [0.3, 0.4) is 0 Å². The fourth-order valence-corrected chi connectivity index (χ4v) is 10.2. The molecule has 2 heteroatoms. The highest BCUT2D eigenvalue weighted by Crippen LogP contribution is 2.47. The average molecular weight is 795 g/mol. The summed E-state index contributed by atoms with van der Waals surface area (Å²) in [6, 6.07) is 71.3. The molecule has 2 nitrogen and oxygen atoms in total. The molecule has 0 atom stereocenters. The van der Waals surface area contributed by atoms with Gasteiger partial charge in [0.05, 0.1) is 14.2 Å². The molecule has 10 aromatic carbocycles. The number of rotatable bonds is 7. The summed E-state index contributed by atoms with van der Waals surface area (Å²) < 4.78 is 12.2. The Bertz CT molecular complexity index is 3180. The topological polar surface area (TPSA) is 18.5 Å². The van der Waals surface area contributed by atoms with Crippen LogP contribution in [0.2, 0.25) is 0 Å². The molecule has 0 bridgehead atoms. The van der Waals surface area contributed by atoms with Gasteiger partial charge in [0.2, 0.25) is 0 Å². The maximum atomic E-state index is 6.10. The minimum atomic E-state index is 0.813. The number of hydrogen-bond donors (Lipinski definition) is 0. The van der Waals surface area contributed by atoms with Crippen molar-refractivity contribution in [1.29, 1.82) is 0 Å². The van der Waals surface area contributed by atoms with Crippen molar-refractivity contribution in [3.05, 3.63) is 216 Å². The quantitative estimate of drug-likeness (QED) is 0.160. The summed E-state index contributed by atoms with van der Waals surface area (Å²) in [5.41, 5.74) is 22.8. The first-order valence-electron chi connectivity index (χ1n) is 21.5. The van der Waals surface area contributed by atoms with Crippen molar-refractivity contribution < 1.29 is 9.47 Å². The summed E-state index contributed by atoms with van der Waals surface area (Å²) in [7, 11) is 3.50. The highest BCUT2D eigenvalue weighted by Gasteiger charge is 2.22. The SMILES string of the molecule is COc1ccc2cc(-c3ccc(-c4ccc5c(c4)Cc4ccccc4-5)cc3)ccc2c1-c1c(OC)ccc2cc(-c3ccc(-c4ccc5c(c4)Cc4ccccc4-5)cc3)ccc12. The predicted molar refractivity (Wildman–Crippen MR) is 258 cm³/mol. The Morgan fingerprint density at radius 2 is 0.629 bits per heavy atom. The van der Waals surface area contributed by atoms with Crippen molar-refractivity contribution in [2.45, 2.75) is 12.8 Å². The maximum absolute atomic E-state index is 6.10. The maximum Gasteiger partial charge on any atom is 0.127 e. The van der Waals surface area contributed by atoms with Gasteiger partial charge in [0, 0.05) is 11.1 Å². The van der Waals surface area contributed by atoms with E-state index in [1.165, 1.54) is 89.0 Å². The lowest BCUT2D eigenvalue weighted by molar-refractivity contribution is 0.411. The van der Waals surface area contributed by atoms with Crippen molar-refractivity contribution in [3.8, 4) is 89.4 Å². The summed E-state index contributed by atoms with van der Waals surface area (Å²) in [6.07, 6.45) is 1.99. The summed E-state index contributed by atoms with van der Waals surface area (Å²) in [6.45, 7) is 0. The van der Waals surface area contributed by atoms with Gasteiger partial charge in [-0.15, -0.1) is 0 Å². The van der Waals surface area contributed by atoms with Crippen LogP contribution < -0.4 is 9.47 Å². The van der Waals surface area contributed by atoms with Gasteiger partial charge in [-0.2, -0.15) is 0 Å². The lowest BCUT2D eigenvalue weighted by Gasteiger charge is -2.18. The lowest BCUT2D eigenvalue weighted by Crippen LogP contribution is -1.95. The van der Waals surface area contributed by atoms with Crippen molar-refractivity contribution >= 4 is 21.5 Å². The summed E-state index contributed by atoms with van der Waals surface area (Å²) in [5.74, 6) is 1.63. The Balaban J connectivity index is 0.855. The Morgan fingerprint density at radius 1 is 0.290 bits per heavy atom. The second-order valence-electron chi connectivity index (χ2n) is 16.7. The Labute approximate surface area is 362 Å². The van der Waals surface area contributed by atoms with E-state index in [4.69, 9.17) is 9.47 Å². The van der Waals surface area contributed by atoms with E-state index >= 15 is 0 Å². The van der Waals surface area contributed by atoms with Crippen LogP contribution in [0.4, 0.5) is 0 Å². The molecule has 0 fully saturated rings. The number of fused-ring (bicyclic) bond motifs is 8. The molecule has 62 heavy (non-hydrogen) atoms. The molecule has 12 rings (SSSR count). The van der Waals surface area contributed by atoms with Crippen LogP contribution in [0.15, 0.2) is 194 Å². The van der Waals surface area contributed by atoms with Gasteiger partial charge in [-0.3, -0.25) is 0 Å². The molecule has 0 saturated heterocycles. The van der Waals surface area contributed by atoms with Crippen LogP contribution in [0.1, 0.15) is 22.3 Å². The zero-order valence-corrected chi connectivity index (χ0v) is 34.7. The molecule has 0 spiro atoms. The summed E-state index contributed by atoms with van der Waals surface area (Å²) >= 11 is 0. The molecule has 0 N–H and O–H groups in total. The third kappa shape index (κ3) is 5.94. The molecule has 0 aliphatic heterocycles. The van der Waals surface area contributed by atoms with Crippen LogP contribution in [-0.2, 0) is 12.8 Å². The molecular weight excluding hydrogens is 753 g/mol. The standard InChI is InChI=1S/C60H42O2/c1-61-57-29-23-47-31-41(37-11-15-39(16-12-37)43-19-25-53-49(33-43)35-45-7-3-5-9-51(45)53)21-27-55(47)59(57)60-56-28-22-42(32-48(56)24-30-58(60)62-2)38-13-17-40(18-14-38)44-20-26-54-50(34-44)36-46-8-4-6-10-52(46)54/h3-34H,35-36H2,1-2H3. The Hall–Kier alpha value is -7.68. The van der Waals surface area contributed by atoms with Gasteiger partial charge in [0.1, 0.15) is 11.5 Å². The molecule has 294 valence electrons. The van der Waals surface area contributed by atoms with Gasteiger partial charge in [-0.05, 0) is 148 Å². The highest BCUT2D eigenvalue weighted by molar-refractivity contribution is 6.11. The second-order valence-corrected chi connectivity index (χ2v) is 16.7. The number of methoxy groups -OCH3 is 2. The van der Waals surface area contributed by atoms with Gasteiger partial charge >= 0.3 is 0 Å². The van der Waals surface area contributed by atoms with Gasteiger partial charge in [0.15, 0.2) is 0 Å². The van der Waals surface area contributed by atoms with Gasteiger partial charge in [0.25, 0.3) is 0 Å². The molecule has 0 amide bonds. The van der Waals surface area contributed by atoms with E-state index in [0.717, 1.165) is 57.0 Å². The molecule has 0 heterocycles. The smallest absolute Gasteiger partial charge is 0.127 e. The number of ether oxygens (including phenoxy) is 2. The van der Waals surface area contributed by atoms with Crippen molar-refractivity contribution in [2.75, 3.05) is 14.2 Å². The van der Waals surface area contributed by atoms with Crippen molar-refractivity contribution in [2.24, 2.45) is 0 Å². The second kappa shape index (κ2) is 14.5. The Kier molecular flexibility index (Phi) is 8.47. The van der Waals surface area contributed by atoms with E-state index in [0.29, 0.717) is 0 Å². The fourth-order valence-electron chi connectivity index (χ4n) is 10.2. The minimum Gasteiger partial charge on any atom is -0.496 e. The van der Waals surface area contributed by atoms with Crippen LogP contribution >= 0.6 is 0 Å². The molecule has 0 saturated carbocycles. The van der Waals surface area contributed by atoms with E-state index in [-0.39, 0.29) is 0 Å². The van der Waals surface area contributed by atoms with Crippen molar-refractivity contribution in [1.82, 2.24) is 0 Å². The van der Waals surface area contributed by atoms with Gasteiger partial charge in [-0.25, -0.2) is 0 Å². The average Bonchev–Trinajstić information content (AvgIpc) is 3.90. The highest BCUT2D eigenvalue weighted by atomic mass is 16.5. The first-order valence-corrected chi connectivity index (χ1v) is 21.5. The van der Waals surface area contributed by atoms with E-state index in [1.807, 2.05) is 0 Å². The number of hydrogen-bond acceptors (Lipinski definition) is 2. The summed E-state index contributed by atoms with van der Waals surface area (Å²) in [4.78, 5) is 0. The normalized spacial score (nSPS) is 12.2. The third-order valence-corrected chi connectivity index (χ3v) is 13.3.